The molecule has 0 amide bonds. The number of amidine groups is 1. The molecule has 19 heavy (non-hydrogen) atoms. The second-order valence-corrected chi connectivity index (χ2v) is 5.24. The summed E-state index contributed by atoms with van der Waals surface area (Å²) in [5.74, 6) is 0.171. The van der Waals surface area contributed by atoms with Crippen LogP contribution in [0.5, 0.6) is 0 Å². The average Bonchev–Trinajstić information content (AvgIpc) is 2.63. The number of halogens is 1. The first-order chi connectivity index (χ1) is 9.13. The number of rotatable bonds is 3. The number of nitrogens with one attached hydrogen (secondary N) is 1. The molecule has 0 saturated carbocycles. The van der Waals surface area contributed by atoms with Gasteiger partial charge in [0.25, 0.3) is 0 Å². The molecule has 3 nitrogen and oxygen atoms in total. The van der Waals surface area contributed by atoms with Crippen molar-refractivity contribution in [2.45, 2.75) is 32.6 Å². The molecule has 0 aromatic heterocycles. The summed E-state index contributed by atoms with van der Waals surface area (Å²) < 4.78 is 13.9. The molecule has 1 heterocycles. The number of hydrogen-bond acceptors (Lipinski definition) is 2. The van der Waals surface area contributed by atoms with Crippen LogP contribution in [-0.4, -0.2) is 18.9 Å². The summed E-state index contributed by atoms with van der Waals surface area (Å²) in [6.07, 6.45) is 4.69. The maximum absolute atomic E-state index is 13.9. The Kier molecular flexibility index (Phi) is 4.40. The zero-order valence-corrected chi connectivity index (χ0v) is 11.5. The monoisotopic (exact) mass is 263 g/mol. The molecular formula is C15H22FN3. The van der Waals surface area contributed by atoms with Crippen LogP contribution >= 0.6 is 0 Å². The number of anilines is 1. The summed E-state index contributed by atoms with van der Waals surface area (Å²) in [4.78, 5) is 2.18. The van der Waals surface area contributed by atoms with E-state index in [1.165, 1.54) is 18.9 Å². The summed E-state index contributed by atoms with van der Waals surface area (Å²) in [5, 5.41) is 7.58. The Hall–Kier alpha value is -1.58. The minimum atomic E-state index is -0.402. The van der Waals surface area contributed by atoms with E-state index in [1.54, 1.807) is 6.07 Å². The molecule has 104 valence electrons. The van der Waals surface area contributed by atoms with Gasteiger partial charge in [0.2, 0.25) is 0 Å². The van der Waals surface area contributed by atoms with Crippen LogP contribution in [0, 0.1) is 17.1 Å². The Bertz CT molecular complexity index is 459. The smallest absolute Gasteiger partial charge is 0.136 e. The van der Waals surface area contributed by atoms with Gasteiger partial charge < -0.3 is 10.6 Å². The highest BCUT2D eigenvalue weighted by molar-refractivity contribution is 6.00. The van der Waals surface area contributed by atoms with E-state index in [-0.39, 0.29) is 11.4 Å². The fourth-order valence-electron chi connectivity index (χ4n) is 2.86. The van der Waals surface area contributed by atoms with Crippen molar-refractivity contribution >= 4 is 11.5 Å². The maximum atomic E-state index is 13.9. The molecule has 1 atom stereocenters. The van der Waals surface area contributed by atoms with Gasteiger partial charge in [-0.2, -0.15) is 0 Å². The highest BCUT2D eigenvalue weighted by atomic mass is 19.1. The van der Waals surface area contributed by atoms with E-state index in [9.17, 15) is 4.39 Å². The molecule has 0 aliphatic carbocycles. The Morgan fingerprint density at radius 1 is 1.42 bits per heavy atom. The van der Waals surface area contributed by atoms with Gasteiger partial charge in [0.15, 0.2) is 0 Å². The van der Waals surface area contributed by atoms with Crippen LogP contribution in [0.15, 0.2) is 18.2 Å². The summed E-state index contributed by atoms with van der Waals surface area (Å²) in [5.41, 5.74) is 6.55. The van der Waals surface area contributed by atoms with E-state index < -0.39 is 5.82 Å². The highest BCUT2D eigenvalue weighted by Gasteiger charge is 2.20. The molecule has 1 unspecified atom stereocenters. The first-order valence-corrected chi connectivity index (χ1v) is 7.01. The summed E-state index contributed by atoms with van der Waals surface area (Å²) in [6.45, 7) is 4.06. The van der Waals surface area contributed by atoms with E-state index in [2.05, 4.69) is 11.8 Å². The number of nitrogens with zero attached hydrogens (tertiary/aromatic N) is 1. The third-order valence-corrected chi connectivity index (χ3v) is 4.03. The van der Waals surface area contributed by atoms with Crippen molar-refractivity contribution in [3.8, 4) is 0 Å². The van der Waals surface area contributed by atoms with E-state index in [4.69, 9.17) is 11.1 Å². The van der Waals surface area contributed by atoms with Gasteiger partial charge in [-0.25, -0.2) is 4.39 Å². The van der Waals surface area contributed by atoms with Crippen LogP contribution in [0.25, 0.3) is 0 Å². The van der Waals surface area contributed by atoms with Gasteiger partial charge in [-0.05, 0) is 37.3 Å². The molecule has 1 aliphatic rings. The maximum Gasteiger partial charge on any atom is 0.136 e. The average molecular weight is 263 g/mol. The van der Waals surface area contributed by atoms with E-state index >= 15 is 0 Å². The van der Waals surface area contributed by atoms with Crippen LogP contribution in [0.3, 0.4) is 0 Å². The van der Waals surface area contributed by atoms with E-state index in [0.29, 0.717) is 0 Å². The second-order valence-electron chi connectivity index (χ2n) is 5.24. The lowest BCUT2D eigenvalue weighted by Gasteiger charge is -2.25. The predicted octanol–water partition coefficient (Wildman–Crippen LogP) is 3.13. The van der Waals surface area contributed by atoms with Crippen molar-refractivity contribution in [1.29, 1.82) is 5.41 Å². The molecule has 1 fully saturated rings. The molecule has 0 bridgehead atoms. The normalized spacial score (nSPS) is 20.1. The van der Waals surface area contributed by atoms with E-state index in [1.807, 2.05) is 6.07 Å². The lowest BCUT2D eigenvalue weighted by Crippen LogP contribution is -2.28. The third-order valence-electron chi connectivity index (χ3n) is 4.03. The lowest BCUT2D eigenvalue weighted by molar-refractivity contribution is 0.459. The van der Waals surface area contributed by atoms with Crippen molar-refractivity contribution in [2.24, 2.45) is 11.7 Å². The number of hydrogen-bond donors (Lipinski definition) is 2. The first-order valence-electron chi connectivity index (χ1n) is 7.01. The number of nitrogen functional groups attached to an aromatic ring is 1. The molecule has 3 N–H and O–H groups in total. The molecular weight excluding hydrogens is 241 g/mol. The van der Waals surface area contributed by atoms with Crippen LogP contribution < -0.4 is 10.6 Å². The first kappa shape index (κ1) is 13.8. The quantitative estimate of drug-likeness (QED) is 0.650. The molecule has 1 aliphatic heterocycles. The third kappa shape index (κ3) is 3.06. The van der Waals surface area contributed by atoms with Crippen LogP contribution in [0.2, 0.25) is 0 Å². The minimum Gasteiger partial charge on any atom is -0.384 e. The Labute approximate surface area is 114 Å². The van der Waals surface area contributed by atoms with E-state index in [0.717, 1.165) is 37.5 Å². The fourth-order valence-corrected chi connectivity index (χ4v) is 2.86. The largest absolute Gasteiger partial charge is 0.384 e. The Balaban J connectivity index is 2.26. The minimum absolute atomic E-state index is 0.190. The zero-order chi connectivity index (χ0) is 13.8. The Morgan fingerprint density at radius 2 is 2.21 bits per heavy atom. The molecule has 2 rings (SSSR count). The van der Waals surface area contributed by atoms with Crippen molar-refractivity contribution in [2.75, 3.05) is 18.0 Å². The van der Waals surface area contributed by atoms with Gasteiger partial charge in [0.1, 0.15) is 11.7 Å². The van der Waals surface area contributed by atoms with Crippen molar-refractivity contribution in [3.63, 3.8) is 0 Å². The SMILES string of the molecule is CCC1CCCN(c2cccc(F)c2C(=N)N)CC1. The number of nitrogens with two attached hydrogens (primary N) is 1. The van der Waals surface area contributed by atoms with Crippen LogP contribution in [0.4, 0.5) is 10.1 Å². The molecule has 1 saturated heterocycles. The van der Waals surface area contributed by atoms with Crippen LogP contribution in [0.1, 0.15) is 38.2 Å². The van der Waals surface area contributed by atoms with Gasteiger partial charge in [0.05, 0.1) is 11.3 Å². The van der Waals surface area contributed by atoms with Gasteiger partial charge >= 0.3 is 0 Å². The van der Waals surface area contributed by atoms with Crippen molar-refractivity contribution in [3.05, 3.63) is 29.6 Å². The Morgan fingerprint density at radius 3 is 2.89 bits per heavy atom. The van der Waals surface area contributed by atoms with Gasteiger partial charge in [-0.3, -0.25) is 5.41 Å². The summed E-state index contributed by atoms with van der Waals surface area (Å²) in [7, 11) is 0. The standard InChI is InChI=1S/C15H22FN3/c1-2-11-5-4-9-19(10-8-11)13-7-3-6-12(16)14(13)15(17)18/h3,6-7,11H,2,4-5,8-10H2,1H3,(H3,17,18). The van der Waals surface area contributed by atoms with Crippen LogP contribution in [-0.2, 0) is 0 Å². The van der Waals surface area contributed by atoms with Crippen molar-refractivity contribution in [1.82, 2.24) is 0 Å². The highest BCUT2D eigenvalue weighted by Crippen LogP contribution is 2.28. The summed E-state index contributed by atoms with van der Waals surface area (Å²) in [6, 6.07) is 4.93. The van der Waals surface area contributed by atoms with Crippen molar-refractivity contribution < 1.29 is 4.39 Å². The zero-order valence-electron chi connectivity index (χ0n) is 11.5. The summed E-state index contributed by atoms with van der Waals surface area (Å²) >= 11 is 0. The van der Waals surface area contributed by atoms with Gasteiger partial charge in [-0.15, -0.1) is 0 Å². The molecule has 1 aromatic carbocycles. The lowest BCUT2D eigenvalue weighted by atomic mass is 9.98. The second kappa shape index (κ2) is 6.04. The molecule has 1 aromatic rings. The van der Waals surface area contributed by atoms with Gasteiger partial charge in [0, 0.05) is 13.1 Å². The predicted molar refractivity (Wildman–Crippen MR) is 77.3 cm³/mol. The molecule has 4 heteroatoms. The molecule has 0 spiro atoms. The number of benzene rings is 1. The topological polar surface area (TPSA) is 53.1 Å². The molecule has 0 radical (unpaired) electrons. The fraction of sp³-hybridized carbons (Fsp3) is 0.533. The van der Waals surface area contributed by atoms with Gasteiger partial charge in [-0.1, -0.05) is 19.4 Å².